The smallest absolute Gasteiger partial charge is 0.264 e. The zero-order valence-corrected chi connectivity index (χ0v) is 16.9. The van der Waals surface area contributed by atoms with Crippen LogP contribution in [0.15, 0.2) is 71.1 Å². The second-order valence-corrected chi connectivity index (χ2v) is 8.86. The third-order valence-corrected chi connectivity index (χ3v) is 6.85. The highest BCUT2D eigenvalue weighted by Crippen LogP contribution is 2.24. The lowest BCUT2D eigenvalue weighted by Gasteiger charge is -2.21. The van der Waals surface area contributed by atoms with Gasteiger partial charge in [0.1, 0.15) is 4.90 Å². The first-order valence-electron chi connectivity index (χ1n) is 9.59. The van der Waals surface area contributed by atoms with Gasteiger partial charge >= 0.3 is 0 Å². The van der Waals surface area contributed by atoms with Gasteiger partial charge in [-0.25, -0.2) is 8.42 Å². The van der Waals surface area contributed by atoms with E-state index in [1.165, 1.54) is 35.8 Å². The van der Waals surface area contributed by atoms with Crippen LogP contribution in [0.1, 0.15) is 42.5 Å². The third-order valence-electron chi connectivity index (χ3n) is 5.01. The van der Waals surface area contributed by atoms with Gasteiger partial charge in [-0.15, -0.1) is 0 Å². The largest absolute Gasteiger partial charge is 0.352 e. The number of anilines is 1. The Morgan fingerprint density at radius 1 is 1.04 bits per heavy atom. The molecule has 0 aliphatic heterocycles. The zero-order valence-electron chi connectivity index (χ0n) is 16.1. The van der Waals surface area contributed by atoms with Gasteiger partial charge in [0.15, 0.2) is 0 Å². The molecule has 3 rings (SSSR count). The Labute approximate surface area is 167 Å². The fraction of sp³-hybridized carbons (Fsp3) is 0.318. The van der Waals surface area contributed by atoms with Crippen molar-refractivity contribution in [2.75, 3.05) is 17.9 Å². The molecule has 0 bridgehead atoms. The molecule has 5 nitrogen and oxygen atoms in total. The Kier molecular flexibility index (Phi) is 6.52. The molecule has 0 heterocycles. The lowest BCUT2D eigenvalue weighted by atomic mass is 9.97. The Hall–Kier alpha value is -2.60. The quantitative estimate of drug-likeness (QED) is 0.713. The highest BCUT2D eigenvalue weighted by atomic mass is 32.2. The fourth-order valence-corrected chi connectivity index (χ4v) is 4.75. The van der Waals surface area contributed by atoms with Gasteiger partial charge in [0.05, 0.1) is 11.3 Å². The number of carbonyl (C=O) groups excluding carboxylic acids is 1. The van der Waals surface area contributed by atoms with E-state index in [0.29, 0.717) is 12.2 Å². The molecule has 1 amide bonds. The number of para-hydroxylation sites is 1. The van der Waals surface area contributed by atoms with Crippen molar-refractivity contribution in [1.29, 1.82) is 0 Å². The lowest BCUT2D eigenvalue weighted by Crippen LogP contribution is -2.31. The number of hydrogen-bond acceptors (Lipinski definition) is 3. The maximum Gasteiger partial charge on any atom is 0.264 e. The number of nitrogens with one attached hydrogen (secondary N) is 1. The first kappa shape index (κ1) is 20.1. The van der Waals surface area contributed by atoms with Gasteiger partial charge in [-0.3, -0.25) is 9.10 Å². The first-order chi connectivity index (χ1) is 13.5. The summed E-state index contributed by atoms with van der Waals surface area (Å²) in [6.45, 7) is 0.508. The second kappa shape index (κ2) is 9.06. The van der Waals surface area contributed by atoms with Gasteiger partial charge < -0.3 is 5.32 Å². The van der Waals surface area contributed by atoms with Crippen molar-refractivity contribution in [3.8, 4) is 0 Å². The van der Waals surface area contributed by atoms with Crippen molar-refractivity contribution < 1.29 is 13.2 Å². The van der Waals surface area contributed by atoms with E-state index < -0.39 is 10.0 Å². The fourth-order valence-electron chi connectivity index (χ4n) is 3.37. The maximum absolute atomic E-state index is 13.1. The van der Waals surface area contributed by atoms with Crippen LogP contribution in [-0.2, 0) is 10.0 Å². The summed E-state index contributed by atoms with van der Waals surface area (Å²) in [4.78, 5) is 12.7. The van der Waals surface area contributed by atoms with Gasteiger partial charge in [-0.1, -0.05) is 42.0 Å². The molecule has 0 saturated carbocycles. The average molecular weight is 399 g/mol. The molecule has 0 spiro atoms. The Morgan fingerprint density at radius 2 is 1.75 bits per heavy atom. The summed E-state index contributed by atoms with van der Waals surface area (Å²) in [5.74, 6) is -0.364. The van der Waals surface area contributed by atoms with Crippen LogP contribution < -0.4 is 9.62 Å². The number of sulfonamides is 1. The molecular weight excluding hydrogens is 372 g/mol. The van der Waals surface area contributed by atoms with E-state index in [4.69, 9.17) is 0 Å². The summed E-state index contributed by atoms with van der Waals surface area (Å²) in [7, 11) is -2.36. The molecule has 0 fully saturated rings. The molecule has 0 atom stereocenters. The topological polar surface area (TPSA) is 66.5 Å². The SMILES string of the molecule is CN(c1ccccc1)S(=O)(=O)c1ccccc1C(=O)NCCC1=CCCCC1. The molecule has 28 heavy (non-hydrogen) atoms. The molecule has 0 aromatic heterocycles. The minimum atomic E-state index is -3.85. The Morgan fingerprint density at radius 3 is 2.46 bits per heavy atom. The number of rotatable bonds is 7. The van der Waals surface area contributed by atoms with Crippen molar-refractivity contribution in [2.24, 2.45) is 0 Å². The van der Waals surface area contributed by atoms with Crippen LogP contribution in [0.3, 0.4) is 0 Å². The minimum Gasteiger partial charge on any atom is -0.352 e. The van der Waals surface area contributed by atoms with Crippen molar-refractivity contribution in [3.05, 3.63) is 71.8 Å². The van der Waals surface area contributed by atoms with E-state index in [1.807, 2.05) is 6.07 Å². The zero-order chi connectivity index (χ0) is 20.0. The second-order valence-electron chi connectivity index (χ2n) is 6.92. The standard InChI is InChI=1S/C22H26N2O3S/c1-24(19-12-6-3-7-13-19)28(26,27)21-15-9-8-14-20(21)22(25)23-17-16-18-10-4-2-5-11-18/h3,6-10,12-15H,2,4-5,11,16-17H2,1H3,(H,23,25). The van der Waals surface area contributed by atoms with Gasteiger partial charge in [0.25, 0.3) is 15.9 Å². The average Bonchev–Trinajstić information content (AvgIpc) is 2.74. The summed E-state index contributed by atoms with van der Waals surface area (Å²) >= 11 is 0. The van der Waals surface area contributed by atoms with E-state index in [1.54, 1.807) is 42.5 Å². The molecule has 0 radical (unpaired) electrons. The molecule has 2 aromatic rings. The van der Waals surface area contributed by atoms with Crippen molar-refractivity contribution >= 4 is 21.6 Å². The van der Waals surface area contributed by atoms with Gasteiger partial charge in [0.2, 0.25) is 0 Å². The van der Waals surface area contributed by atoms with Crippen LogP contribution in [0.2, 0.25) is 0 Å². The molecule has 1 aliphatic carbocycles. The lowest BCUT2D eigenvalue weighted by molar-refractivity contribution is 0.0950. The summed E-state index contributed by atoms with van der Waals surface area (Å²) in [5, 5.41) is 2.87. The summed E-state index contributed by atoms with van der Waals surface area (Å²) in [6.07, 6.45) is 7.69. The predicted molar refractivity (Wildman–Crippen MR) is 112 cm³/mol. The molecule has 0 saturated heterocycles. The molecule has 0 unspecified atom stereocenters. The van der Waals surface area contributed by atoms with Crippen molar-refractivity contribution in [1.82, 2.24) is 5.32 Å². The molecule has 2 aromatic carbocycles. The molecule has 1 N–H and O–H groups in total. The number of amides is 1. The molecule has 148 valence electrons. The van der Waals surface area contributed by atoms with Gasteiger partial charge in [-0.05, 0) is 56.4 Å². The Balaban J connectivity index is 1.76. The molecule has 1 aliphatic rings. The minimum absolute atomic E-state index is 0.00994. The normalized spacial score (nSPS) is 14.2. The summed E-state index contributed by atoms with van der Waals surface area (Å²) < 4.78 is 27.4. The Bertz CT molecular complexity index is 953. The number of carbonyl (C=O) groups is 1. The van der Waals surface area contributed by atoms with Crippen LogP contribution in [0.5, 0.6) is 0 Å². The first-order valence-corrected chi connectivity index (χ1v) is 11.0. The summed E-state index contributed by atoms with van der Waals surface area (Å²) in [6, 6.07) is 15.2. The van der Waals surface area contributed by atoms with Crippen LogP contribution in [-0.4, -0.2) is 27.9 Å². The third kappa shape index (κ3) is 4.62. The van der Waals surface area contributed by atoms with E-state index >= 15 is 0 Å². The van der Waals surface area contributed by atoms with Crippen molar-refractivity contribution in [3.63, 3.8) is 0 Å². The van der Waals surface area contributed by atoms with E-state index in [2.05, 4.69) is 11.4 Å². The summed E-state index contributed by atoms with van der Waals surface area (Å²) in [5.41, 5.74) is 2.08. The molecular formula is C22H26N2O3S. The van der Waals surface area contributed by atoms with Crippen LogP contribution in [0.4, 0.5) is 5.69 Å². The number of allylic oxidation sites excluding steroid dienone is 1. The number of hydrogen-bond donors (Lipinski definition) is 1. The number of nitrogens with zero attached hydrogens (tertiary/aromatic N) is 1. The maximum atomic E-state index is 13.1. The monoisotopic (exact) mass is 398 g/mol. The number of benzene rings is 2. The highest BCUT2D eigenvalue weighted by molar-refractivity contribution is 7.92. The van der Waals surface area contributed by atoms with Crippen LogP contribution >= 0.6 is 0 Å². The van der Waals surface area contributed by atoms with Gasteiger partial charge in [-0.2, -0.15) is 0 Å². The molecule has 6 heteroatoms. The highest BCUT2D eigenvalue weighted by Gasteiger charge is 2.26. The van der Waals surface area contributed by atoms with Crippen LogP contribution in [0, 0.1) is 0 Å². The van der Waals surface area contributed by atoms with Crippen LogP contribution in [0.25, 0.3) is 0 Å². The van der Waals surface area contributed by atoms with E-state index in [0.717, 1.165) is 19.3 Å². The van der Waals surface area contributed by atoms with E-state index in [-0.39, 0.29) is 16.4 Å². The van der Waals surface area contributed by atoms with Gasteiger partial charge in [0, 0.05) is 13.6 Å². The van der Waals surface area contributed by atoms with Crippen molar-refractivity contribution in [2.45, 2.75) is 37.0 Å². The predicted octanol–water partition coefficient (Wildman–Crippen LogP) is 4.13. The van der Waals surface area contributed by atoms with E-state index in [9.17, 15) is 13.2 Å².